The Morgan fingerprint density at radius 1 is 0.368 bits per heavy atom. The number of anilines is 3. The van der Waals surface area contributed by atoms with E-state index in [2.05, 4.69) is 209 Å². The van der Waals surface area contributed by atoms with Gasteiger partial charge in [-0.1, -0.05) is 133 Å². The molecule has 4 aromatic heterocycles. The molecular formula is C63H39N3O2. The first-order valence-corrected chi connectivity index (χ1v) is 23.0. The van der Waals surface area contributed by atoms with Crippen LogP contribution >= 0.6 is 0 Å². The van der Waals surface area contributed by atoms with Crippen LogP contribution in [0.25, 0.3) is 116 Å². The zero-order valence-electron chi connectivity index (χ0n) is 36.7. The molecule has 0 saturated heterocycles. The second-order valence-corrected chi connectivity index (χ2v) is 17.5. The third-order valence-electron chi connectivity index (χ3n) is 13.6. The number of pyridine rings is 1. The van der Waals surface area contributed by atoms with Crippen LogP contribution in [0, 0.1) is 0 Å². The highest BCUT2D eigenvalue weighted by atomic mass is 16.3. The average Bonchev–Trinajstić information content (AvgIpc) is 4.08. The van der Waals surface area contributed by atoms with E-state index in [0.717, 1.165) is 116 Å². The molecule has 0 saturated carbocycles. The number of benzene rings is 10. The van der Waals surface area contributed by atoms with Gasteiger partial charge in [-0.3, -0.25) is 4.98 Å². The lowest BCUT2D eigenvalue weighted by atomic mass is 9.95. The fourth-order valence-corrected chi connectivity index (χ4v) is 10.5. The Labute approximate surface area is 391 Å². The van der Waals surface area contributed by atoms with Crippen molar-refractivity contribution in [2.24, 2.45) is 0 Å². The zero-order valence-corrected chi connectivity index (χ0v) is 36.7. The number of furan rings is 2. The van der Waals surface area contributed by atoms with Crippen molar-refractivity contribution >= 4 is 93.5 Å². The first kappa shape index (κ1) is 38.1. The van der Waals surface area contributed by atoms with Gasteiger partial charge in [0.05, 0.1) is 28.6 Å². The lowest BCUT2D eigenvalue weighted by Gasteiger charge is -2.28. The fraction of sp³-hybridized carbons (Fsp3) is 0. The summed E-state index contributed by atoms with van der Waals surface area (Å²) in [6.07, 6.45) is 3.76. The highest BCUT2D eigenvalue weighted by molar-refractivity contribution is 6.12. The fourth-order valence-electron chi connectivity index (χ4n) is 10.5. The molecule has 5 nitrogen and oxygen atoms in total. The monoisotopic (exact) mass is 869 g/mol. The quantitative estimate of drug-likeness (QED) is 0.160. The summed E-state index contributed by atoms with van der Waals surface area (Å²) in [5, 5.41) is 9.14. The van der Waals surface area contributed by atoms with Crippen LogP contribution in [0.4, 0.5) is 17.1 Å². The van der Waals surface area contributed by atoms with Gasteiger partial charge in [-0.2, -0.15) is 0 Å². The molecule has 0 aliphatic heterocycles. The van der Waals surface area contributed by atoms with Gasteiger partial charge in [0, 0.05) is 60.8 Å². The molecule has 0 spiro atoms. The molecule has 0 N–H and O–H groups in total. The Kier molecular flexibility index (Phi) is 8.52. The van der Waals surface area contributed by atoms with Crippen LogP contribution in [0.5, 0.6) is 0 Å². The van der Waals surface area contributed by atoms with Crippen LogP contribution in [0.3, 0.4) is 0 Å². The van der Waals surface area contributed by atoms with Gasteiger partial charge in [0.25, 0.3) is 0 Å². The van der Waals surface area contributed by atoms with Gasteiger partial charge in [0.1, 0.15) is 22.3 Å². The van der Waals surface area contributed by atoms with Gasteiger partial charge in [0.15, 0.2) is 0 Å². The minimum absolute atomic E-state index is 0.873. The normalized spacial score (nSPS) is 11.8. The molecule has 0 amide bonds. The van der Waals surface area contributed by atoms with Crippen molar-refractivity contribution in [3.05, 3.63) is 237 Å². The standard InChI is InChI=1S/C63H39N3O2/c1-2-15-49-40(12-1)13-9-22-57(49)65(46-29-25-41(26-30-46)50-19-10-20-54-52-17-4-8-24-61(52)68-63(50)54)48-35-44(34-45(36-48)43-28-32-62-56(38-43)53-18-5-7-23-60(53)67-62)42-27-31-59-55(37-42)51-16-3-6-21-58(51)66(59)47-14-11-33-64-39-47/h1-39H. The number of aromatic nitrogens is 2. The maximum atomic E-state index is 6.51. The van der Waals surface area contributed by atoms with Crippen LogP contribution < -0.4 is 4.90 Å². The molecule has 10 aromatic carbocycles. The van der Waals surface area contributed by atoms with Crippen LogP contribution in [-0.2, 0) is 0 Å². The molecular weight excluding hydrogens is 831 g/mol. The van der Waals surface area contributed by atoms with Crippen LogP contribution in [0.1, 0.15) is 0 Å². The van der Waals surface area contributed by atoms with Crippen LogP contribution in [0.15, 0.2) is 246 Å². The average molecular weight is 870 g/mol. The van der Waals surface area contributed by atoms with Gasteiger partial charge in [-0.15, -0.1) is 0 Å². The van der Waals surface area contributed by atoms with E-state index < -0.39 is 0 Å². The topological polar surface area (TPSA) is 47.3 Å². The molecule has 14 rings (SSSR count). The highest BCUT2D eigenvalue weighted by Gasteiger charge is 2.21. The molecule has 0 aliphatic rings. The van der Waals surface area contributed by atoms with Gasteiger partial charge >= 0.3 is 0 Å². The first-order valence-electron chi connectivity index (χ1n) is 23.0. The minimum atomic E-state index is 0.873. The maximum absolute atomic E-state index is 6.51. The van der Waals surface area contributed by atoms with E-state index in [9.17, 15) is 0 Å². The van der Waals surface area contributed by atoms with Crippen molar-refractivity contribution in [1.29, 1.82) is 0 Å². The lowest BCUT2D eigenvalue weighted by molar-refractivity contribution is 0.669. The van der Waals surface area contributed by atoms with Crippen molar-refractivity contribution in [3.8, 4) is 39.1 Å². The molecule has 0 fully saturated rings. The number of hydrogen-bond donors (Lipinski definition) is 0. The Morgan fingerprint density at radius 2 is 0.985 bits per heavy atom. The van der Waals surface area contributed by atoms with E-state index in [1.54, 1.807) is 0 Å². The second-order valence-electron chi connectivity index (χ2n) is 17.5. The molecule has 14 aromatic rings. The summed E-state index contributed by atoms with van der Waals surface area (Å²) in [7, 11) is 0. The van der Waals surface area contributed by atoms with E-state index in [0.29, 0.717) is 0 Å². The number of nitrogens with zero attached hydrogens (tertiary/aromatic N) is 3. The Hall–Kier alpha value is -9.19. The zero-order chi connectivity index (χ0) is 44.7. The third kappa shape index (κ3) is 6.06. The molecule has 318 valence electrons. The summed E-state index contributed by atoms with van der Waals surface area (Å²) in [6, 6.07) is 80.4. The predicted octanol–water partition coefficient (Wildman–Crippen LogP) is 17.6. The second kappa shape index (κ2) is 15.2. The first-order chi connectivity index (χ1) is 33.7. The molecule has 0 radical (unpaired) electrons. The molecule has 0 unspecified atom stereocenters. The summed E-state index contributed by atoms with van der Waals surface area (Å²) in [5.41, 5.74) is 16.6. The van der Waals surface area contributed by atoms with Gasteiger partial charge in [-0.05, 0) is 124 Å². The molecule has 0 atom stereocenters. The summed E-state index contributed by atoms with van der Waals surface area (Å²) in [6.45, 7) is 0. The SMILES string of the molecule is c1cncc(-n2c3ccccc3c3cc(-c4cc(-c5ccc6oc7ccccc7c6c5)cc(N(c5ccc(-c6cccc7c6oc6ccccc67)cc5)c5cccc6ccccc56)c4)ccc32)c1. The molecule has 4 heterocycles. The lowest BCUT2D eigenvalue weighted by Crippen LogP contribution is -2.11. The number of hydrogen-bond acceptors (Lipinski definition) is 4. The Bertz CT molecular complexity index is 4270. The maximum Gasteiger partial charge on any atom is 0.143 e. The van der Waals surface area contributed by atoms with E-state index in [4.69, 9.17) is 8.83 Å². The molecule has 68 heavy (non-hydrogen) atoms. The van der Waals surface area contributed by atoms with Crippen molar-refractivity contribution in [3.63, 3.8) is 0 Å². The summed E-state index contributed by atoms with van der Waals surface area (Å²) in [4.78, 5) is 6.91. The predicted molar refractivity (Wildman–Crippen MR) is 282 cm³/mol. The van der Waals surface area contributed by atoms with E-state index in [1.165, 1.54) is 16.2 Å². The van der Waals surface area contributed by atoms with Crippen molar-refractivity contribution in [1.82, 2.24) is 9.55 Å². The van der Waals surface area contributed by atoms with Crippen molar-refractivity contribution < 1.29 is 8.83 Å². The summed E-state index contributed by atoms with van der Waals surface area (Å²) >= 11 is 0. The van der Waals surface area contributed by atoms with Crippen LogP contribution in [0.2, 0.25) is 0 Å². The van der Waals surface area contributed by atoms with Crippen molar-refractivity contribution in [2.45, 2.75) is 0 Å². The Balaban J connectivity index is 0.995. The largest absolute Gasteiger partial charge is 0.456 e. The van der Waals surface area contributed by atoms with Crippen molar-refractivity contribution in [2.75, 3.05) is 4.90 Å². The number of fused-ring (bicyclic) bond motifs is 10. The molecule has 0 aliphatic carbocycles. The Morgan fingerprint density at radius 3 is 1.79 bits per heavy atom. The van der Waals surface area contributed by atoms with E-state index in [-0.39, 0.29) is 0 Å². The van der Waals surface area contributed by atoms with Gasteiger partial charge in [-0.25, -0.2) is 0 Å². The van der Waals surface area contributed by atoms with Crippen LogP contribution in [-0.4, -0.2) is 9.55 Å². The van der Waals surface area contributed by atoms with Gasteiger partial charge in [0.2, 0.25) is 0 Å². The number of para-hydroxylation sites is 4. The summed E-state index contributed by atoms with van der Waals surface area (Å²) < 4.78 is 15.2. The third-order valence-corrected chi connectivity index (χ3v) is 13.6. The van der Waals surface area contributed by atoms with E-state index in [1.807, 2.05) is 42.7 Å². The highest BCUT2D eigenvalue weighted by Crippen LogP contribution is 2.45. The molecule has 5 heteroatoms. The molecule has 0 bridgehead atoms. The smallest absolute Gasteiger partial charge is 0.143 e. The van der Waals surface area contributed by atoms with Gasteiger partial charge < -0.3 is 18.3 Å². The van der Waals surface area contributed by atoms with E-state index >= 15 is 0 Å². The number of rotatable bonds is 7. The minimum Gasteiger partial charge on any atom is -0.456 e. The summed E-state index contributed by atoms with van der Waals surface area (Å²) in [5.74, 6) is 0.